The topological polar surface area (TPSA) is 39.1 Å². The molecule has 0 aliphatic carbocycles. The van der Waals surface area contributed by atoms with Crippen molar-refractivity contribution in [1.29, 1.82) is 0 Å². The van der Waals surface area contributed by atoms with Crippen molar-refractivity contribution >= 4 is 30.6 Å². The standard InChI is InChI=1S/C12H11ClFNO2S/c1-8(2)6-15-7-11(18(13,16)17)12-9(14)4-3-5-10(12)15/h3-5,7H,1,6H2,2H3. The fourth-order valence-corrected chi connectivity index (χ4v) is 2.93. The summed E-state index contributed by atoms with van der Waals surface area (Å²) in [6.07, 6.45) is 1.34. The first kappa shape index (κ1) is 13.1. The van der Waals surface area contributed by atoms with Crippen LogP contribution in [0.25, 0.3) is 10.9 Å². The molecular weight excluding hydrogens is 277 g/mol. The van der Waals surface area contributed by atoms with Crippen LogP contribution in [0.5, 0.6) is 0 Å². The van der Waals surface area contributed by atoms with Crippen LogP contribution in [-0.4, -0.2) is 13.0 Å². The van der Waals surface area contributed by atoms with Gasteiger partial charge < -0.3 is 4.57 Å². The predicted octanol–water partition coefficient (Wildman–Crippen LogP) is 3.28. The maximum absolute atomic E-state index is 13.8. The van der Waals surface area contributed by atoms with Crippen LogP contribution in [0.1, 0.15) is 6.92 Å². The number of fused-ring (bicyclic) bond motifs is 1. The summed E-state index contributed by atoms with van der Waals surface area (Å²) in [6.45, 7) is 5.97. The van der Waals surface area contributed by atoms with E-state index in [4.69, 9.17) is 10.7 Å². The van der Waals surface area contributed by atoms with E-state index in [1.165, 1.54) is 18.3 Å². The molecule has 0 amide bonds. The minimum Gasteiger partial charge on any atom is -0.342 e. The molecule has 2 aromatic rings. The van der Waals surface area contributed by atoms with Crippen molar-refractivity contribution in [2.24, 2.45) is 0 Å². The van der Waals surface area contributed by atoms with E-state index in [-0.39, 0.29) is 10.3 Å². The van der Waals surface area contributed by atoms with Gasteiger partial charge in [-0.25, -0.2) is 12.8 Å². The highest BCUT2D eigenvalue weighted by atomic mass is 35.7. The molecule has 0 N–H and O–H groups in total. The van der Waals surface area contributed by atoms with Gasteiger partial charge in [0.15, 0.2) is 0 Å². The van der Waals surface area contributed by atoms with E-state index < -0.39 is 14.9 Å². The average Bonchev–Trinajstić information content (AvgIpc) is 2.57. The van der Waals surface area contributed by atoms with Crippen LogP contribution < -0.4 is 0 Å². The molecule has 2 rings (SSSR count). The van der Waals surface area contributed by atoms with Gasteiger partial charge >= 0.3 is 0 Å². The SMILES string of the molecule is C=C(C)Cn1cc(S(=O)(=O)Cl)c2c(F)cccc21. The molecule has 3 nitrogen and oxygen atoms in total. The highest BCUT2D eigenvalue weighted by Gasteiger charge is 2.21. The Kier molecular flexibility index (Phi) is 3.21. The summed E-state index contributed by atoms with van der Waals surface area (Å²) in [5.74, 6) is -0.604. The van der Waals surface area contributed by atoms with Crippen LogP contribution >= 0.6 is 10.7 Å². The van der Waals surface area contributed by atoms with E-state index in [0.29, 0.717) is 12.1 Å². The molecule has 0 saturated carbocycles. The molecule has 0 saturated heterocycles. The lowest BCUT2D eigenvalue weighted by Gasteiger charge is -2.03. The minimum atomic E-state index is -3.99. The summed E-state index contributed by atoms with van der Waals surface area (Å²) in [5, 5.41) is 0.0220. The second kappa shape index (κ2) is 4.40. The molecule has 1 heterocycles. The highest BCUT2D eigenvalue weighted by molar-refractivity contribution is 8.14. The predicted molar refractivity (Wildman–Crippen MR) is 69.7 cm³/mol. The molecule has 0 bridgehead atoms. The normalized spacial score (nSPS) is 11.9. The third-order valence-electron chi connectivity index (χ3n) is 2.52. The zero-order valence-electron chi connectivity index (χ0n) is 9.65. The molecule has 0 atom stereocenters. The second-order valence-electron chi connectivity index (χ2n) is 4.15. The molecule has 1 aromatic heterocycles. The Morgan fingerprint density at radius 3 is 2.72 bits per heavy atom. The van der Waals surface area contributed by atoms with Crippen molar-refractivity contribution in [2.75, 3.05) is 0 Å². The van der Waals surface area contributed by atoms with Crippen molar-refractivity contribution in [3.05, 3.63) is 42.4 Å². The van der Waals surface area contributed by atoms with Gasteiger partial charge in [-0.2, -0.15) is 0 Å². The molecule has 18 heavy (non-hydrogen) atoms. The van der Waals surface area contributed by atoms with Crippen molar-refractivity contribution in [3.63, 3.8) is 0 Å². The first-order valence-electron chi connectivity index (χ1n) is 5.17. The highest BCUT2D eigenvalue weighted by Crippen LogP contribution is 2.30. The van der Waals surface area contributed by atoms with Gasteiger partial charge in [-0.1, -0.05) is 18.2 Å². The number of nitrogens with zero attached hydrogens (tertiary/aromatic N) is 1. The van der Waals surface area contributed by atoms with Gasteiger partial charge in [0.2, 0.25) is 0 Å². The van der Waals surface area contributed by atoms with E-state index in [1.807, 2.05) is 0 Å². The minimum absolute atomic E-state index is 0.0220. The van der Waals surface area contributed by atoms with Crippen molar-refractivity contribution in [3.8, 4) is 0 Å². The zero-order valence-corrected chi connectivity index (χ0v) is 11.2. The maximum Gasteiger partial charge on any atom is 0.263 e. The molecule has 0 aliphatic heterocycles. The maximum atomic E-state index is 13.8. The van der Waals surface area contributed by atoms with Gasteiger partial charge in [0.1, 0.15) is 10.7 Å². The Hall–Kier alpha value is -1.33. The van der Waals surface area contributed by atoms with Crippen LogP contribution in [0, 0.1) is 5.82 Å². The first-order chi connectivity index (χ1) is 8.30. The van der Waals surface area contributed by atoms with Crippen LogP contribution in [0.15, 0.2) is 41.4 Å². The summed E-state index contributed by atoms with van der Waals surface area (Å²) in [6, 6.07) is 4.38. The molecule has 0 radical (unpaired) electrons. The van der Waals surface area contributed by atoms with Crippen molar-refractivity contribution in [2.45, 2.75) is 18.4 Å². The van der Waals surface area contributed by atoms with E-state index in [0.717, 1.165) is 5.57 Å². The monoisotopic (exact) mass is 287 g/mol. The second-order valence-corrected chi connectivity index (χ2v) is 6.68. The van der Waals surface area contributed by atoms with Crippen LogP contribution in [-0.2, 0) is 15.6 Å². The van der Waals surface area contributed by atoms with E-state index >= 15 is 0 Å². The molecule has 6 heteroatoms. The Balaban J connectivity index is 2.84. The number of aromatic nitrogens is 1. The first-order valence-corrected chi connectivity index (χ1v) is 7.48. The van der Waals surface area contributed by atoms with E-state index in [1.54, 1.807) is 17.6 Å². The molecule has 0 unspecified atom stereocenters. The number of rotatable bonds is 3. The number of allylic oxidation sites excluding steroid dienone is 1. The Morgan fingerprint density at radius 2 is 2.17 bits per heavy atom. The number of halogens is 2. The van der Waals surface area contributed by atoms with Gasteiger partial charge in [0.05, 0.1) is 10.9 Å². The van der Waals surface area contributed by atoms with Gasteiger partial charge in [0, 0.05) is 23.4 Å². The summed E-state index contributed by atoms with van der Waals surface area (Å²) in [7, 11) is 1.34. The van der Waals surface area contributed by atoms with Crippen LogP contribution in [0.2, 0.25) is 0 Å². The average molecular weight is 288 g/mol. The molecule has 1 aromatic carbocycles. The van der Waals surface area contributed by atoms with Gasteiger partial charge in [-0.05, 0) is 19.1 Å². The largest absolute Gasteiger partial charge is 0.342 e. The van der Waals surface area contributed by atoms with E-state index in [9.17, 15) is 12.8 Å². The number of hydrogen-bond donors (Lipinski definition) is 0. The Bertz CT molecular complexity index is 734. The molecule has 96 valence electrons. The number of benzene rings is 1. The molecular formula is C12H11ClFNO2S. The third-order valence-corrected chi connectivity index (χ3v) is 3.86. The smallest absolute Gasteiger partial charge is 0.263 e. The van der Waals surface area contributed by atoms with Gasteiger partial charge in [-0.3, -0.25) is 0 Å². The molecule has 0 aliphatic rings. The summed E-state index contributed by atoms with van der Waals surface area (Å²) in [4.78, 5) is -0.210. The zero-order chi connectivity index (χ0) is 13.5. The Morgan fingerprint density at radius 1 is 1.50 bits per heavy atom. The third kappa shape index (κ3) is 2.28. The fourth-order valence-electron chi connectivity index (χ4n) is 1.88. The molecule has 0 spiro atoms. The lowest BCUT2D eigenvalue weighted by atomic mass is 10.2. The van der Waals surface area contributed by atoms with Crippen molar-refractivity contribution < 1.29 is 12.8 Å². The summed E-state index contributed by atoms with van der Waals surface area (Å²) in [5.41, 5.74) is 1.31. The van der Waals surface area contributed by atoms with Crippen LogP contribution in [0.4, 0.5) is 4.39 Å². The summed E-state index contributed by atoms with van der Waals surface area (Å²) < 4.78 is 38.3. The van der Waals surface area contributed by atoms with Crippen molar-refractivity contribution in [1.82, 2.24) is 4.57 Å². The lowest BCUT2D eigenvalue weighted by molar-refractivity contribution is 0.607. The number of hydrogen-bond acceptors (Lipinski definition) is 2. The lowest BCUT2D eigenvalue weighted by Crippen LogP contribution is -1.96. The van der Waals surface area contributed by atoms with Gasteiger partial charge in [-0.15, -0.1) is 0 Å². The van der Waals surface area contributed by atoms with E-state index in [2.05, 4.69) is 6.58 Å². The molecule has 0 fully saturated rings. The van der Waals surface area contributed by atoms with Gasteiger partial charge in [0.25, 0.3) is 9.05 Å². The quantitative estimate of drug-likeness (QED) is 0.642. The van der Waals surface area contributed by atoms with Crippen LogP contribution in [0.3, 0.4) is 0 Å². The Labute approximate surface area is 109 Å². The summed E-state index contributed by atoms with van der Waals surface area (Å²) >= 11 is 0. The fraction of sp³-hybridized carbons (Fsp3) is 0.167.